The molecule has 2 heterocycles. The van der Waals surface area contributed by atoms with Gasteiger partial charge in [-0.1, -0.05) is 0 Å². The molecule has 0 saturated heterocycles. The van der Waals surface area contributed by atoms with Gasteiger partial charge in [-0.25, -0.2) is 4.98 Å². The second-order valence-corrected chi connectivity index (χ2v) is 6.75. The monoisotopic (exact) mass is 424 g/mol. The zero-order chi connectivity index (χ0) is 11.5. The Labute approximate surface area is 123 Å². The molecule has 0 spiro atoms. The fraction of sp³-hybridized carbons (Fsp3) is 0.100. The highest BCUT2D eigenvalue weighted by Gasteiger charge is 2.03. The molecule has 2 aromatic heterocycles. The fourth-order valence-electron chi connectivity index (χ4n) is 1.16. The molecule has 0 aliphatic rings. The molecule has 1 N–H and O–H groups in total. The predicted octanol–water partition coefficient (Wildman–Crippen LogP) is 5.04. The first kappa shape index (κ1) is 12.5. The first-order valence-corrected chi connectivity index (χ1v) is 7.69. The zero-order valence-corrected chi connectivity index (χ0v) is 13.6. The molecule has 2 rings (SSSR count). The van der Waals surface area contributed by atoms with Crippen molar-refractivity contribution in [1.29, 1.82) is 0 Å². The number of nitrogens with zero attached hydrogens (tertiary/aromatic N) is 1. The van der Waals surface area contributed by atoms with E-state index in [2.05, 4.69) is 69.5 Å². The van der Waals surface area contributed by atoms with Gasteiger partial charge in [-0.2, -0.15) is 0 Å². The molecule has 84 valence electrons. The standard InChI is InChI=1S/C10H7Br3N2S/c11-6-2-9(13)10(14-3-6)15-4-8-1-7(12)5-16-8/h1-3,5H,4H2,(H,14,15). The maximum Gasteiger partial charge on any atom is 0.140 e. The molecular formula is C10H7Br3N2S. The fourth-order valence-corrected chi connectivity index (χ4v) is 3.68. The molecule has 2 nitrogen and oxygen atoms in total. The lowest BCUT2D eigenvalue weighted by Crippen LogP contribution is -2.00. The first-order valence-electron chi connectivity index (χ1n) is 4.43. The van der Waals surface area contributed by atoms with E-state index < -0.39 is 0 Å². The van der Waals surface area contributed by atoms with E-state index in [1.54, 1.807) is 17.5 Å². The molecule has 0 radical (unpaired) electrons. The van der Waals surface area contributed by atoms with Crippen LogP contribution in [0.15, 0.2) is 37.1 Å². The third-order valence-corrected chi connectivity index (χ3v) is 4.60. The number of pyridine rings is 1. The Morgan fingerprint density at radius 3 is 2.62 bits per heavy atom. The smallest absolute Gasteiger partial charge is 0.140 e. The van der Waals surface area contributed by atoms with Crippen molar-refractivity contribution in [3.05, 3.63) is 42.0 Å². The topological polar surface area (TPSA) is 24.9 Å². The molecule has 6 heteroatoms. The Balaban J connectivity index is 2.04. The summed E-state index contributed by atoms with van der Waals surface area (Å²) in [4.78, 5) is 5.55. The maximum absolute atomic E-state index is 4.29. The summed E-state index contributed by atoms with van der Waals surface area (Å²) in [5.74, 6) is 0.854. The van der Waals surface area contributed by atoms with Crippen LogP contribution >= 0.6 is 59.1 Å². The lowest BCUT2D eigenvalue weighted by atomic mass is 10.4. The van der Waals surface area contributed by atoms with Crippen LogP contribution in [-0.4, -0.2) is 4.98 Å². The second-order valence-electron chi connectivity index (χ2n) is 3.07. The number of aromatic nitrogens is 1. The van der Waals surface area contributed by atoms with E-state index in [0.717, 1.165) is 25.8 Å². The van der Waals surface area contributed by atoms with Crippen LogP contribution < -0.4 is 5.32 Å². The zero-order valence-electron chi connectivity index (χ0n) is 8.01. The van der Waals surface area contributed by atoms with Gasteiger partial charge in [0, 0.05) is 25.4 Å². The summed E-state index contributed by atoms with van der Waals surface area (Å²) in [7, 11) is 0. The number of rotatable bonds is 3. The van der Waals surface area contributed by atoms with Gasteiger partial charge in [0.05, 0.1) is 11.0 Å². The minimum Gasteiger partial charge on any atom is -0.364 e. The minimum absolute atomic E-state index is 0.781. The molecule has 2 aromatic rings. The molecule has 0 saturated carbocycles. The van der Waals surface area contributed by atoms with Crippen LogP contribution in [-0.2, 0) is 6.54 Å². The van der Waals surface area contributed by atoms with Gasteiger partial charge < -0.3 is 5.32 Å². The Morgan fingerprint density at radius 1 is 1.19 bits per heavy atom. The van der Waals surface area contributed by atoms with E-state index in [1.165, 1.54) is 4.88 Å². The number of hydrogen-bond acceptors (Lipinski definition) is 3. The number of hydrogen-bond donors (Lipinski definition) is 1. The maximum atomic E-state index is 4.29. The molecule has 0 amide bonds. The summed E-state index contributed by atoms with van der Waals surface area (Å²) in [5.41, 5.74) is 0. The van der Waals surface area contributed by atoms with Crippen LogP contribution in [0, 0.1) is 0 Å². The first-order chi connectivity index (χ1) is 7.65. The largest absolute Gasteiger partial charge is 0.364 e. The molecule has 0 atom stereocenters. The van der Waals surface area contributed by atoms with E-state index in [9.17, 15) is 0 Å². The van der Waals surface area contributed by atoms with Crippen LogP contribution in [0.25, 0.3) is 0 Å². The van der Waals surface area contributed by atoms with E-state index in [-0.39, 0.29) is 0 Å². The van der Waals surface area contributed by atoms with Crippen LogP contribution in [0.1, 0.15) is 4.88 Å². The molecule has 0 aromatic carbocycles. The van der Waals surface area contributed by atoms with Crippen LogP contribution in [0.2, 0.25) is 0 Å². The van der Waals surface area contributed by atoms with Crippen molar-refractivity contribution in [3.8, 4) is 0 Å². The Hall–Kier alpha value is 0.0900. The average Bonchev–Trinajstić information content (AvgIpc) is 2.63. The lowest BCUT2D eigenvalue weighted by molar-refractivity contribution is 1.13. The van der Waals surface area contributed by atoms with Gasteiger partial charge in [0.2, 0.25) is 0 Å². The molecule has 16 heavy (non-hydrogen) atoms. The van der Waals surface area contributed by atoms with E-state index in [1.807, 2.05) is 6.07 Å². The highest BCUT2D eigenvalue weighted by Crippen LogP contribution is 2.25. The highest BCUT2D eigenvalue weighted by molar-refractivity contribution is 9.11. The van der Waals surface area contributed by atoms with Crippen molar-refractivity contribution in [3.63, 3.8) is 0 Å². The molecule has 0 aliphatic heterocycles. The summed E-state index contributed by atoms with van der Waals surface area (Å²) < 4.78 is 3.04. The number of thiophene rings is 1. The van der Waals surface area contributed by atoms with Gasteiger partial charge in [0.1, 0.15) is 5.82 Å². The van der Waals surface area contributed by atoms with Gasteiger partial charge in [-0.15, -0.1) is 11.3 Å². The number of anilines is 1. The van der Waals surface area contributed by atoms with E-state index in [4.69, 9.17) is 0 Å². The van der Waals surface area contributed by atoms with Gasteiger partial charge in [-0.3, -0.25) is 0 Å². The van der Waals surface area contributed by atoms with E-state index >= 15 is 0 Å². The van der Waals surface area contributed by atoms with Gasteiger partial charge in [-0.05, 0) is 59.9 Å². The van der Waals surface area contributed by atoms with Gasteiger partial charge in [0.25, 0.3) is 0 Å². The van der Waals surface area contributed by atoms with Crippen molar-refractivity contribution in [2.45, 2.75) is 6.54 Å². The van der Waals surface area contributed by atoms with Crippen molar-refractivity contribution in [1.82, 2.24) is 4.98 Å². The Morgan fingerprint density at radius 2 is 2.00 bits per heavy atom. The van der Waals surface area contributed by atoms with Crippen LogP contribution in [0.5, 0.6) is 0 Å². The third-order valence-electron chi connectivity index (χ3n) is 1.86. The summed E-state index contributed by atoms with van der Waals surface area (Å²) >= 11 is 12.0. The molecular weight excluding hydrogens is 420 g/mol. The summed E-state index contributed by atoms with van der Waals surface area (Å²) in [6, 6.07) is 4.07. The Bertz CT molecular complexity index is 499. The molecule has 0 aliphatic carbocycles. The lowest BCUT2D eigenvalue weighted by Gasteiger charge is -2.06. The van der Waals surface area contributed by atoms with Gasteiger partial charge in [0.15, 0.2) is 0 Å². The van der Waals surface area contributed by atoms with Gasteiger partial charge >= 0.3 is 0 Å². The summed E-state index contributed by atoms with van der Waals surface area (Å²) in [5, 5.41) is 5.35. The molecule has 0 fully saturated rings. The predicted molar refractivity (Wildman–Crippen MR) is 79.0 cm³/mol. The Kier molecular flexibility index (Phi) is 4.41. The SMILES string of the molecule is Brc1csc(CNc2ncc(Br)cc2Br)c1. The van der Waals surface area contributed by atoms with Crippen molar-refractivity contribution >= 4 is 64.9 Å². The highest BCUT2D eigenvalue weighted by atomic mass is 79.9. The van der Waals surface area contributed by atoms with Crippen molar-refractivity contribution < 1.29 is 0 Å². The summed E-state index contributed by atoms with van der Waals surface area (Å²) in [6.45, 7) is 0.781. The number of nitrogens with one attached hydrogen (secondary N) is 1. The molecule has 0 bridgehead atoms. The van der Waals surface area contributed by atoms with Crippen molar-refractivity contribution in [2.24, 2.45) is 0 Å². The quantitative estimate of drug-likeness (QED) is 0.743. The average molecular weight is 427 g/mol. The molecule has 0 unspecified atom stereocenters. The minimum atomic E-state index is 0.781. The van der Waals surface area contributed by atoms with E-state index in [0.29, 0.717) is 0 Å². The second kappa shape index (κ2) is 5.62. The van der Waals surface area contributed by atoms with Crippen LogP contribution in [0.3, 0.4) is 0 Å². The van der Waals surface area contributed by atoms with Crippen LogP contribution in [0.4, 0.5) is 5.82 Å². The third kappa shape index (κ3) is 3.29. The summed E-state index contributed by atoms with van der Waals surface area (Å²) in [6.07, 6.45) is 1.78. The number of halogens is 3. The van der Waals surface area contributed by atoms with Crippen molar-refractivity contribution in [2.75, 3.05) is 5.32 Å². The normalized spacial score (nSPS) is 10.4.